The molecule has 5 nitrogen and oxygen atoms in total. The van der Waals surface area contributed by atoms with Gasteiger partial charge >= 0.3 is 0 Å². The van der Waals surface area contributed by atoms with Gasteiger partial charge in [-0.25, -0.2) is 8.42 Å². The molecule has 2 heterocycles. The molecule has 6 heteroatoms. The van der Waals surface area contributed by atoms with Gasteiger partial charge in [-0.05, 0) is 23.6 Å². The van der Waals surface area contributed by atoms with Crippen molar-refractivity contribution in [1.29, 1.82) is 0 Å². The average molecular weight is 303 g/mol. The molecule has 0 fully saturated rings. The van der Waals surface area contributed by atoms with Crippen LogP contribution in [0.3, 0.4) is 0 Å². The second-order valence-corrected chi connectivity index (χ2v) is 7.14. The molecular weight excluding hydrogens is 286 g/mol. The predicted octanol–water partition coefficient (Wildman–Crippen LogP) is 2.38. The Kier molecular flexibility index (Phi) is 3.63. The number of fused-ring (bicyclic) bond motifs is 2. The van der Waals surface area contributed by atoms with E-state index in [0.717, 1.165) is 17.5 Å². The van der Waals surface area contributed by atoms with Gasteiger partial charge in [-0.3, -0.25) is 4.57 Å². The highest BCUT2D eigenvalue weighted by Crippen LogP contribution is 2.22. The molecule has 2 aromatic rings. The molecule has 1 aromatic heterocycles. The molecular formula is C15H17N3O2S. The van der Waals surface area contributed by atoms with Crippen LogP contribution < -0.4 is 0 Å². The third-order valence-electron chi connectivity index (χ3n) is 3.59. The zero-order chi connectivity index (χ0) is 14.9. The van der Waals surface area contributed by atoms with E-state index in [1.165, 1.54) is 0 Å². The maximum Gasteiger partial charge on any atom is 0.253 e. The van der Waals surface area contributed by atoms with Crippen LogP contribution in [0.25, 0.3) is 12.3 Å². The monoisotopic (exact) mass is 303 g/mol. The maximum atomic E-state index is 12.4. The number of hydrogen-bond acceptors (Lipinski definition) is 4. The normalized spacial score (nSPS) is 13.6. The quantitative estimate of drug-likeness (QED) is 0.742. The Morgan fingerprint density at radius 1 is 1.24 bits per heavy atom. The minimum Gasteiger partial charge on any atom is -0.277 e. The van der Waals surface area contributed by atoms with Gasteiger partial charge in [0.15, 0.2) is 0 Å². The molecule has 0 bridgehead atoms. The fourth-order valence-corrected chi connectivity index (χ4v) is 3.88. The largest absolute Gasteiger partial charge is 0.277 e. The van der Waals surface area contributed by atoms with Crippen LogP contribution in [0.15, 0.2) is 29.4 Å². The average Bonchev–Trinajstić information content (AvgIpc) is 2.79. The Bertz CT molecular complexity index is 791. The first-order valence-electron chi connectivity index (χ1n) is 7.04. The second kappa shape index (κ2) is 5.44. The summed E-state index contributed by atoms with van der Waals surface area (Å²) in [7, 11) is -3.39. The van der Waals surface area contributed by atoms with Crippen molar-refractivity contribution in [1.82, 2.24) is 14.8 Å². The fraction of sp³-hybridized carbons (Fsp3) is 0.333. The molecule has 0 amide bonds. The van der Waals surface area contributed by atoms with Gasteiger partial charge in [0.2, 0.25) is 9.84 Å². The van der Waals surface area contributed by atoms with Crippen molar-refractivity contribution in [3.8, 4) is 0 Å². The molecule has 0 saturated heterocycles. The van der Waals surface area contributed by atoms with E-state index in [4.69, 9.17) is 0 Å². The highest BCUT2D eigenvalue weighted by Gasteiger charge is 2.24. The van der Waals surface area contributed by atoms with E-state index in [9.17, 15) is 8.42 Å². The summed E-state index contributed by atoms with van der Waals surface area (Å²) in [5.41, 5.74) is 2.21. The topological polar surface area (TPSA) is 64.8 Å². The third kappa shape index (κ3) is 2.63. The predicted molar refractivity (Wildman–Crippen MR) is 81.5 cm³/mol. The molecule has 0 atom stereocenters. The van der Waals surface area contributed by atoms with Crippen molar-refractivity contribution >= 4 is 22.1 Å². The Labute approximate surface area is 124 Å². The summed E-state index contributed by atoms with van der Waals surface area (Å²) in [5.74, 6) is 0.772. The van der Waals surface area contributed by atoms with E-state index in [-0.39, 0.29) is 10.9 Å². The van der Waals surface area contributed by atoms with Crippen LogP contribution in [0.1, 0.15) is 36.7 Å². The first-order chi connectivity index (χ1) is 10.1. The first kappa shape index (κ1) is 14.0. The van der Waals surface area contributed by atoms with E-state index >= 15 is 0 Å². The molecule has 110 valence electrons. The van der Waals surface area contributed by atoms with Crippen molar-refractivity contribution in [3.63, 3.8) is 0 Å². The van der Waals surface area contributed by atoms with Crippen LogP contribution in [0, 0.1) is 0 Å². The zero-order valence-electron chi connectivity index (χ0n) is 11.9. The van der Waals surface area contributed by atoms with Gasteiger partial charge in [-0.2, -0.15) is 0 Å². The SMILES string of the molecule is CCCCS(=O)(=O)c1nnc2n1C=Cc1ccccc1C2. The van der Waals surface area contributed by atoms with Gasteiger partial charge < -0.3 is 0 Å². The van der Waals surface area contributed by atoms with E-state index in [0.29, 0.717) is 18.7 Å². The zero-order valence-corrected chi connectivity index (χ0v) is 12.7. The Hall–Kier alpha value is -1.95. The molecule has 1 aliphatic rings. The molecule has 0 unspecified atom stereocenters. The van der Waals surface area contributed by atoms with E-state index in [1.54, 1.807) is 10.8 Å². The van der Waals surface area contributed by atoms with E-state index in [1.807, 2.05) is 37.3 Å². The minimum atomic E-state index is -3.39. The summed E-state index contributed by atoms with van der Waals surface area (Å²) < 4.78 is 26.3. The number of unbranched alkanes of at least 4 members (excludes halogenated alkanes) is 1. The summed E-state index contributed by atoms with van der Waals surface area (Å²) in [6.45, 7) is 1.97. The maximum absolute atomic E-state index is 12.4. The highest BCUT2D eigenvalue weighted by molar-refractivity contribution is 7.91. The van der Waals surface area contributed by atoms with Crippen LogP contribution in [-0.4, -0.2) is 28.9 Å². The number of rotatable bonds is 4. The summed E-state index contributed by atoms with van der Waals surface area (Å²) in [5, 5.41) is 8.03. The molecule has 21 heavy (non-hydrogen) atoms. The Morgan fingerprint density at radius 3 is 2.86 bits per heavy atom. The van der Waals surface area contributed by atoms with Crippen molar-refractivity contribution in [2.45, 2.75) is 31.3 Å². The molecule has 0 N–H and O–H groups in total. The van der Waals surface area contributed by atoms with Crippen LogP contribution in [0.5, 0.6) is 0 Å². The standard InChI is InChI=1S/C15H17N3O2S/c1-2-3-10-21(19,20)15-17-16-14-11-13-7-5-4-6-12(13)8-9-18(14)15/h4-9H,2-3,10-11H2,1H3. The number of sulfone groups is 1. The van der Waals surface area contributed by atoms with Gasteiger partial charge in [0.25, 0.3) is 5.16 Å². The van der Waals surface area contributed by atoms with Gasteiger partial charge in [0.1, 0.15) is 5.82 Å². The molecule has 0 spiro atoms. The summed E-state index contributed by atoms with van der Waals surface area (Å²) in [6.07, 6.45) is 5.71. The number of hydrogen-bond donors (Lipinski definition) is 0. The third-order valence-corrected chi connectivity index (χ3v) is 5.25. The lowest BCUT2D eigenvalue weighted by Gasteiger charge is -2.04. The van der Waals surface area contributed by atoms with E-state index < -0.39 is 9.84 Å². The van der Waals surface area contributed by atoms with Crippen molar-refractivity contribution in [3.05, 3.63) is 41.2 Å². The van der Waals surface area contributed by atoms with Gasteiger partial charge in [-0.1, -0.05) is 37.6 Å². The molecule has 1 aliphatic heterocycles. The van der Waals surface area contributed by atoms with Crippen LogP contribution >= 0.6 is 0 Å². The lowest BCUT2D eigenvalue weighted by molar-refractivity contribution is 0.581. The van der Waals surface area contributed by atoms with Gasteiger partial charge in [0.05, 0.1) is 5.75 Å². The Balaban J connectivity index is 2.03. The minimum absolute atomic E-state index is 0.0509. The Morgan fingerprint density at radius 2 is 2.05 bits per heavy atom. The number of nitrogens with zero attached hydrogens (tertiary/aromatic N) is 3. The van der Waals surface area contributed by atoms with Crippen LogP contribution in [0.4, 0.5) is 0 Å². The second-order valence-electron chi connectivity index (χ2n) is 5.13. The number of benzene rings is 1. The fourth-order valence-electron chi connectivity index (χ4n) is 2.40. The van der Waals surface area contributed by atoms with Crippen LogP contribution in [-0.2, 0) is 16.3 Å². The molecule has 0 aliphatic carbocycles. The number of aromatic nitrogens is 3. The summed E-state index contributed by atoms with van der Waals surface area (Å²) in [4.78, 5) is 0. The van der Waals surface area contributed by atoms with Crippen molar-refractivity contribution in [2.24, 2.45) is 0 Å². The smallest absolute Gasteiger partial charge is 0.253 e. The molecule has 3 rings (SSSR count). The highest BCUT2D eigenvalue weighted by atomic mass is 32.2. The van der Waals surface area contributed by atoms with Gasteiger partial charge in [-0.15, -0.1) is 10.2 Å². The van der Waals surface area contributed by atoms with Crippen molar-refractivity contribution < 1.29 is 8.42 Å². The van der Waals surface area contributed by atoms with E-state index in [2.05, 4.69) is 10.2 Å². The summed E-state index contributed by atoms with van der Waals surface area (Å²) >= 11 is 0. The summed E-state index contributed by atoms with van der Waals surface area (Å²) in [6, 6.07) is 7.97. The van der Waals surface area contributed by atoms with Crippen molar-refractivity contribution in [2.75, 3.05) is 5.75 Å². The van der Waals surface area contributed by atoms with Gasteiger partial charge in [0, 0.05) is 12.6 Å². The first-order valence-corrected chi connectivity index (χ1v) is 8.69. The molecule has 1 aromatic carbocycles. The molecule has 0 radical (unpaired) electrons. The van der Waals surface area contributed by atoms with Crippen LogP contribution in [0.2, 0.25) is 0 Å². The lowest BCUT2D eigenvalue weighted by Crippen LogP contribution is -2.12. The lowest BCUT2D eigenvalue weighted by atomic mass is 10.1. The molecule has 0 saturated carbocycles.